The van der Waals surface area contributed by atoms with Crippen LogP contribution < -0.4 is 14.8 Å². The van der Waals surface area contributed by atoms with Crippen LogP contribution in [0.1, 0.15) is 26.1 Å². The molecule has 0 spiro atoms. The average Bonchev–Trinajstić information content (AvgIpc) is 2.96. The fraction of sp³-hybridized carbons (Fsp3) is 0.455. The first-order chi connectivity index (χ1) is 11.2. The quantitative estimate of drug-likeness (QED) is 0.810. The SMILES string of the molecule is [2H]c1c([2H])c2c(c([2H])c1CC([2H])(N([2H])C([2H])([2H])[2H])C([2H])([2H])[2H])OCO2. The molecule has 76 valence electrons. The molecule has 1 aliphatic rings. The zero-order valence-corrected chi connectivity index (χ0v) is 7.18. The van der Waals surface area contributed by atoms with E-state index < -0.39 is 44.4 Å². The molecule has 14 heavy (non-hydrogen) atoms. The molecule has 0 saturated heterocycles. The fourth-order valence-corrected chi connectivity index (χ4v) is 1.06. The molecule has 0 amide bonds. The van der Waals surface area contributed by atoms with E-state index in [1.165, 1.54) is 0 Å². The monoisotopic (exact) mass is 204 g/mol. The van der Waals surface area contributed by atoms with Crippen molar-refractivity contribution >= 4 is 0 Å². The highest BCUT2D eigenvalue weighted by atomic mass is 16.7. The molecule has 1 unspecified atom stereocenters. The summed E-state index contributed by atoms with van der Waals surface area (Å²) in [5, 5.41) is -0.333. The Morgan fingerprint density at radius 1 is 1.71 bits per heavy atom. The molecular weight excluding hydrogens is 178 g/mol. The van der Waals surface area contributed by atoms with Crippen molar-refractivity contribution in [1.82, 2.24) is 5.31 Å². The van der Waals surface area contributed by atoms with Crippen LogP contribution in [0, 0.1) is 0 Å². The predicted molar refractivity (Wildman–Crippen MR) is 54.8 cm³/mol. The number of likely N-dealkylation sites (N-methyl/N-ethyl adjacent to an activating group) is 1. The van der Waals surface area contributed by atoms with Gasteiger partial charge in [-0.25, -0.2) is 0 Å². The second-order valence-corrected chi connectivity index (χ2v) is 2.65. The lowest BCUT2D eigenvalue weighted by Gasteiger charge is -2.09. The van der Waals surface area contributed by atoms with E-state index in [9.17, 15) is 0 Å². The molecule has 0 aromatic heterocycles. The van der Waals surface area contributed by atoms with Gasteiger partial charge in [0.1, 0.15) is 1.41 Å². The van der Waals surface area contributed by atoms with E-state index in [0.717, 1.165) is 0 Å². The number of hydrogen-bond acceptors (Lipinski definition) is 3. The average molecular weight is 204 g/mol. The highest BCUT2D eigenvalue weighted by Crippen LogP contribution is 2.32. The normalized spacial score (nSPS) is 31.4. The van der Waals surface area contributed by atoms with Crippen molar-refractivity contribution in [2.75, 3.05) is 13.8 Å². The van der Waals surface area contributed by atoms with Gasteiger partial charge in [0.2, 0.25) is 6.79 Å². The van der Waals surface area contributed by atoms with Crippen molar-refractivity contribution < 1.29 is 24.6 Å². The molecule has 0 radical (unpaired) electrons. The van der Waals surface area contributed by atoms with Gasteiger partial charge < -0.3 is 14.8 Å². The highest BCUT2D eigenvalue weighted by Gasteiger charge is 2.13. The number of fused-ring (bicyclic) bond motifs is 1. The van der Waals surface area contributed by atoms with Crippen LogP contribution in [0.15, 0.2) is 18.1 Å². The predicted octanol–water partition coefficient (Wildman–Crippen LogP) is 1.57. The van der Waals surface area contributed by atoms with E-state index in [-0.39, 0.29) is 29.2 Å². The standard InChI is InChI=1S/C11H15NO2/c1-8(12-2)5-9-3-4-10-11(6-9)14-7-13-10/h3-4,6,8,12H,5,7H2,1-2H3/i1D3,2D3,3D,4D,6D,8D/hD. The molecule has 1 N–H and O–H groups in total. The Labute approximate surface area is 99.5 Å². The maximum absolute atomic E-state index is 8.15. The van der Waals surface area contributed by atoms with Gasteiger partial charge in [-0.2, -0.15) is 0 Å². The van der Waals surface area contributed by atoms with Crippen molar-refractivity contribution in [3.05, 3.63) is 23.7 Å². The fourth-order valence-electron chi connectivity index (χ4n) is 1.06. The summed E-state index contributed by atoms with van der Waals surface area (Å²) >= 11 is 0. The van der Waals surface area contributed by atoms with Crippen LogP contribution in [0.4, 0.5) is 0 Å². The van der Waals surface area contributed by atoms with Crippen LogP contribution in [0.2, 0.25) is 1.41 Å². The molecule has 1 aliphatic heterocycles. The smallest absolute Gasteiger partial charge is 0.231 e. The van der Waals surface area contributed by atoms with Gasteiger partial charge in [0.25, 0.3) is 0 Å². The number of nitrogens with one attached hydrogen (secondary N) is 1. The number of ether oxygens (including phenoxy) is 2. The van der Waals surface area contributed by atoms with Gasteiger partial charge in [-0.1, -0.05) is 6.04 Å². The molecule has 2 rings (SSSR count). The molecule has 3 nitrogen and oxygen atoms in total. The third kappa shape index (κ3) is 1.82. The van der Waals surface area contributed by atoms with Crippen LogP contribution >= 0.6 is 0 Å². The van der Waals surface area contributed by atoms with Crippen LogP contribution in [-0.4, -0.2) is 19.8 Å². The van der Waals surface area contributed by atoms with E-state index in [0.29, 0.717) is 0 Å². The van der Waals surface area contributed by atoms with E-state index >= 15 is 0 Å². The molecular formula is C11H15NO2. The van der Waals surface area contributed by atoms with Crippen molar-refractivity contribution in [2.24, 2.45) is 0 Å². The first-order valence-electron chi connectivity index (χ1n) is 9.34. The molecule has 1 heterocycles. The third-order valence-electron chi connectivity index (χ3n) is 1.68. The first-order valence-corrected chi connectivity index (χ1v) is 3.89. The van der Waals surface area contributed by atoms with E-state index in [2.05, 4.69) is 0 Å². The Hall–Kier alpha value is -1.22. The summed E-state index contributed by atoms with van der Waals surface area (Å²) in [6.45, 7) is -6.72. The molecule has 1 aromatic rings. The number of hydrogen-bond donors (Lipinski definition) is 1. The maximum atomic E-state index is 8.15. The van der Waals surface area contributed by atoms with Crippen molar-refractivity contribution in [1.29, 1.82) is 0 Å². The topological polar surface area (TPSA) is 30.5 Å². The van der Waals surface area contributed by atoms with Crippen LogP contribution in [-0.2, 0) is 6.42 Å². The molecule has 1 aromatic carbocycles. The summed E-state index contributed by atoms with van der Waals surface area (Å²) in [5.74, 6) is -0.309. The van der Waals surface area contributed by atoms with Crippen LogP contribution in [0.3, 0.4) is 0 Å². The van der Waals surface area contributed by atoms with Crippen molar-refractivity contribution in [2.45, 2.75) is 19.3 Å². The second kappa shape index (κ2) is 3.88. The van der Waals surface area contributed by atoms with Gasteiger partial charge >= 0.3 is 0 Å². The molecule has 0 aliphatic carbocycles. The Balaban J connectivity index is 2.61. The van der Waals surface area contributed by atoms with Gasteiger partial charge in [0.15, 0.2) is 11.5 Å². The summed E-state index contributed by atoms with van der Waals surface area (Å²) in [6, 6.07) is -4.47. The van der Waals surface area contributed by atoms with Crippen LogP contribution in [0.5, 0.6) is 11.5 Å². The van der Waals surface area contributed by atoms with Crippen LogP contribution in [0.25, 0.3) is 0 Å². The Bertz CT molecular complexity index is 686. The number of rotatable bonds is 3. The van der Waals surface area contributed by atoms with Crippen molar-refractivity contribution in [3.63, 3.8) is 0 Å². The van der Waals surface area contributed by atoms with Gasteiger partial charge in [-0.3, -0.25) is 0 Å². The molecule has 1 atom stereocenters. The largest absolute Gasteiger partial charge is 0.454 e. The lowest BCUT2D eigenvalue weighted by atomic mass is 10.1. The minimum atomic E-state index is -3.24. The van der Waals surface area contributed by atoms with Gasteiger partial charge in [-0.15, -0.1) is 0 Å². The van der Waals surface area contributed by atoms with E-state index in [4.69, 9.17) is 24.6 Å². The highest BCUT2D eigenvalue weighted by molar-refractivity contribution is 5.44. The zero-order chi connectivity index (χ0) is 19.4. The summed E-state index contributed by atoms with van der Waals surface area (Å²) in [6.07, 6.45) is -0.953. The van der Waals surface area contributed by atoms with Gasteiger partial charge in [-0.05, 0) is 37.9 Å². The van der Waals surface area contributed by atoms with Gasteiger partial charge in [0.05, 0.1) is 4.11 Å². The molecule has 0 saturated carbocycles. The maximum Gasteiger partial charge on any atom is 0.231 e. The Morgan fingerprint density at radius 2 is 2.64 bits per heavy atom. The van der Waals surface area contributed by atoms with E-state index in [1.54, 1.807) is 0 Å². The second-order valence-electron chi connectivity index (χ2n) is 2.65. The van der Waals surface area contributed by atoms with Crippen molar-refractivity contribution in [3.8, 4) is 11.5 Å². The zero-order valence-electron chi connectivity index (χ0n) is 18.2. The number of benzene rings is 1. The molecule has 0 bridgehead atoms. The van der Waals surface area contributed by atoms with E-state index in [1.807, 2.05) is 0 Å². The lowest BCUT2D eigenvalue weighted by Crippen LogP contribution is -2.23. The minimum Gasteiger partial charge on any atom is -0.454 e. The molecule has 0 fully saturated rings. The third-order valence-corrected chi connectivity index (χ3v) is 1.68. The summed E-state index contributed by atoms with van der Waals surface area (Å²) in [4.78, 5) is 0. The summed E-state index contributed by atoms with van der Waals surface area (Å²) in [5.41, 5.74) is -0.373. The minimum absolute atomic E-state index is 0.137. The van der Waals surface area contributed by atoms with Gasteiger partial charge in [0, 0.05) is 15.6 Å². The first kappa shape index (κ1) is 2.89. The summed E-state index contributed by atoms with van der Waals surface area (Å²) < 4.78 is 93.9. The molecule has 3 heteroatoms. The Morgan fingerprint density at radius 3 is 3.50 bits per heavy atom. The Kier molecular flexibility index (Phi) is 0.801. The summed E-state index contributed by atoms with van der Waals surface area (Å²) in [7, 11) is 0. The lowest BCUT2D eigenvalue weighted by molar-refractivity contribution is 0.174.